The number of hydrogen-bond acceptors (Lipinski definition) is 4. The highest BCUT2D eigenvalue weighted by molar-refractivity contribution is 5.67. The van der Waals surface area contributed by atoms with Crippen molar-refractivity contribution >= 4 is 11.9 Å². The van der Waals surface area contributed by atoms with Crippen LogP contribution in [0, 0.1) is 5.82 Å². The van der Waals surface area contributed by atoms with Crippen molar-refractivity contribution in [1.29, 1.82) is 0 Å². The van der Waals surface area contributed by atoms with Gasteiger partial charge in [-0.05, 0) is 6.92 Å². The van der Waals surface area contributed by atoms with Crippen LogP contribution in [0.5, 0.6) is 0 Å². The van der Waals surface area contributed by atoms with Crippen molar-refractivity contribution in [1.82, 2.24) is 14.9 Å². The normalized spacial score (nSPS) is 14.5. The Morgan fingerprint density at radius 3 is 2.68 bits per heavy atom. The number of anilines is 1. The summed E-state index contributed by atoms with van der Waals surface area (Å²) in [5.74, 6) is -0.599. The number of amides is 1. The fourth-order valence-electron chi connectivity index (χ4n) is 2.79. The van der Waals surface area contributed by atoms with Crippen LogP contribution >= 0.6 is 0 Å². The van der Waals surface area contributed by atoms with E-state index in [1.165, 1.54) is 23.4 Å². The Morgan fingerprint density at radius 1 is 1.28 bits per heavy atom. The van der Waals surface area contributed by atoms with Crippen molar-refractivity contribution in [3.63, 3.8) is 0 Å². The molecular weight excluding hydrogens is 337 g/mol. The summed E-state index contributed by atoms with van der Waals surface area (Å²) in [6.07, 6.45) is -2.70. The molecule has 25 heavy (non-hydrogen) atoms. The Labute approximate surface area is 141 Å². The number of nitrogens with one attached hydrogen (secondary N) is 1. The van der Waals surface area contributed by atoms with Crippen LogP contribution in [0.15, 0.2) is 24.5 Å². The molecule has 6 nitrogen and oxygen atoms in total. The largest absolute Gasteiger partial charge is 0.465 e. The van der Waals surface area contributed by atoms with Crippen LogP contribution in [0.25, 0.3) is 0 Å². The van der Waals surface area contributed by atoms with Crippen LogP contribution in [-0.4, -0.2) is 26.1 Å². The minimum absolute atomic E-state index is 0.0817. The summed E-state index contributed by atoms with van der Waals surface area (Å²) in [5.41, 5.74) is 0.588. The fraction of sp³-hybridized carbons (Fsp3) is 0.312. The summed E-state index contributed by atoms with van der Waals surface area (Å²) in [4.78, 5) is 20.4. The lowest BCUT2D eigenvalue weighted by Gasteiger charge is -2.18. The highest BCUT2D eigenvalue weighted by atomic mass is 19.3. The molecule has 0 fully saturated rings. The molecule has 0 unspecified atom stereocenters. The Hall–Kier alpha value is -2.84. The number of hydrogen-bond donors (Lipinski definition) is 2. The molecule has 9 heteroatoms. The molecule has 1 amide bonds. The molecule has 1 atom stereocenters. The molecule has 2 aromatic rings. The number of aromatic nitrogens is 2. The molecule has 1 aliphatic heterocycles. The molecule has 2 heterocycles. The zero-order chi connectivity index (χ0) is 18.1. The summed E-state index contributed by atoms with van der Waals surface area (Å²) >= 11 is 0. The van der Waals surface area contributed by atoms with Crippen molar-refractivity contribution in [2.45, 2.75) is 32.5 Å². The molecule has 1 aromatic carbocycles. The predicted molar refractivity (Wildman–Crippen MR) is 82.7 cm³/mol. The predicted octanol–water partition coefficient (Wildman–Crippen LogP) is 3.72. The highest BCUT2D eigenvalue weighted by Crippen LogP contribution is 2.31. The molecule has 0 radical (unpaired) electrons. The van der Waals surface area contributed by atoms with E-state index in [9.17, 15) is 18.0 Å². The molecule has 0 saturated carbocycles. The van der Waals surface area contributed by atoms with Gasteiger partial charge in [-0.3, -0.25) is 4.90 Å². The number of fused-ring (bicyclic) bond motifs is 1. The lowest BCUT2D eigenvalue weighted by atomic mass is 10.0. The van der Waals surface area contributed by atoms with Gasteiger partial charge in [-0.1, -0.05) is 18.2 Å². The fourth-order valence-corrected chi connectivity index (χ4v) is 2.79. The van der Waals surface area contributed by atoms with E-state index in [-0.39, 0.29) is 18.7 Å². The number of alkyl halides is 2. The van der Waals surface area contributed by atoms with Gasteiger partial charge in [-0.2, -0.15) is 0 Å². The van der Waals surface area contributed by atoms with Crippen molar-refractivity contribution < 1.29 is 23.1 Å². The first-order valence-electron chi connectivity index (χ1n) is 7.52. The first-order valence-corrected chi connectivity index (χ1v) is 7.52. The van der Waals surface area contributed by atoms with E-state index in [0.29, 0.717) is 17.1 Å². The van der Waals surface area contributed by atoms with E-state index in [2.05, 4.69) is 15.3 Å². The third-order valence-electron chi connectivity index (χ3n) is 4.11. The van der Waals surface area contributed by atoms with Gasteiger partial charge in [0.05, 0.1) is 30.4 Å². The van der Waals surface area contributed by atoms with E-state index in [0.717, 1.165) is 6.07 Å². The van der Waals surface area contributed by atoms with Crippen LogP contribution in [-0.2, 0) is 13.1 Å². The second-order valence-corrected chi connectivity index (χ2v) is 5.70. The standard InChI is InChI=1S/C16H15F3N4O2/c1-8(9-3-2-4-10(13(9)17)14(18)19)22-15-11-5-23(16(24)25)6-12(11)20-7-21-15/h2-4,7-8,14H,5-6H2,1H3,(H,24,25)(H,20,21,22)/t8-/m1/s1. The maximum atomic E-state index is 14.3. The molecule has 1 aromatic heterocycles. The van der Waals surface area contributed by atoms with Crippen LogP contribution < -0.4 is 5.32 Å². The topological polar surface area (TPSA) is 78.4 Å². The second kappa shape index (κ2) is 6.58. The smallest absolute Gasteiger partial charge is 0.407 e. The van der Waals surface area contributed by atoms with E-state index in [4.69, 9.17) is 5.11 Å². The van der Waals surface area contributed by atoms with Crippen LogP contribution in [0.1, 0.15) is 41.8 Å². The number of benzene rings is 1. The van der Waals surface area contributed by atoms with Gasteiger partial charge in [0.2, 0.25) is 0 Å². The van der Waals surface area contributed by atoms with Crippen molar-refractivity contribution in [2.75, 3.05) is 5.32 Å². The number of halogens is 3. The molecular formula is C16H15F3N4O2. The van der Waals surface area contributed by atoms with E-state index in [1.807, 2.05) is 0 Å². The van der Waals surface area contributed by atoms with Gasteiger partial charge in [0.25, 0.3) is 6.43 Å². The third-order valence-corrected chi connectivity index (χ3v) is 4.11. The second-order valence-electron chi connectivity index (χ2n) is 5.70. The number of carbonyl (C=O) groups is 1. The molecule has 3 rings (SSSR count). The van der Waals surface area contributed by atoms with Gasteiger partial charge in [0.1, 0.15) is 18.0 Å². The van der Waals surface area contributed by atoms with E-state index < -0.39 is 29.9 Å². The van der Waals surface area contributed by atoms with Gasteiger partial charge in [-0.15, -0.1) is 0 Å². The first-order chi connectivity index (χ1) is 11.9. The van der Waals surface area contributed by atoms with Gasteiger partial charge in [0, 0.05) is 11.1 Å². The molecule has 0 spiro atoms. The zero-order valence-electron chi connectivity index (χ0n) is 13.2. The third kappa shape index (κ3) is 3.21. The Bertz CT molecular complexity index is 816. The Morgan fingerprint density at radius 2 is 2.00 bits per heavy atom. The summed E-state index contributed by atoms with van der Waals surface area (Å²) in [6.45, 7) is 1.87. The lowest BCUT2D eigenvalue weighted by molar-refractivity contribution is 0.144. The van der Waals surface area contributed by atoms with Gasteiger partial charge >= 0.3 is 6.09 Å². The zero-order valence-corrected chi connectivity index (χ0v) is 13.2. The minimum Gasteiger partial charge on any atom is -0.465 e. The molecule has 0 saturated heterocycles. The monoisotopic (exact) mass is 352 g/mol. The quantitative estimate of drug-likeness (QED) is 0.877. The molecule has 0 bridgehead atoms. The van der Waals surface area contributed by atoms with Gasteiger partial charge in [0.15, 0.2) is 0 Å². The maximum absolute atomic E-state index is 14.3. The van der Waals surface area contributed by atoms with Crippen LogP contribution in [0.4, 0.5) is 23.8 Å². The van der Waals surface area contributed by atoms with Gasteiger partial charge < -0.3 is 10.4 Å². The SMILES string of the molecule is C[C@@H](Nc1ncnc2c1CN(C(=O)O)C2)c1cccc(C(F)F)c1F. The number of nitrogens with zero attached hydrogens (tertiary/aromatic N) is 3. The average molecular weight is 352 g/mol. The summed E-state index contributed by atoms with van der Waals surface area (Å²) in [5, 5.41) is 12.1. The van der Waals surface area contributed by atoms with E-state index >= 15 is 0 Å². The highest BCUT2D eigenvalue weighted by Gasteiger charge is 2.28. The average Bonchev–Trinajstić information content (AvgIpc) is 3.00. The lowest BCUT2D eigenvalue weighted by Crippen LogP contribution is -2.23. The molecule has 0 aliphatic carbocycles. The Balaban J connectivity index is 1.87. The van der Waals surface area contributed by atoms with Crippen LogP contribution in [0.2, 0.25) is 0 Å². The maximum Gasteiger partial charge on any atom is 0.407 e. The first kappa shape index (κ1) is 17.0. The minimum atomic E-state index is -2.90. The van der Waals surface area contributed by atoms with Crippen molar-refractivity contribution in [3.05, 3.63) is 52.7 Å². The Kier molecular flexibility index (Phi) is 4.47. The van der Waals surface area contributed by atoms with E-state index in [1.54, 1.807) is 6.92 Å². The summed E-state index contributed by atoms with van der Waals surface area (Å²) in [6, 6.07) is 3.19. The van der Waals surface area contributed by atoms with Gasteiger partial charge in [-0.25, -0.2) is 27.9 Å². The molecule has 1 aliphatic rings. The summed E-state index contributed by atoms with van der Waals surface area (Å²) in [7, 11) is 0. The number of carboxylic acid groups (broad SMARTS) is 1. The molecule has 132 valence electrons. The van der Waals surface area contributed by atoms with Crippen LogP contribution in [0.3, 0.4) is 0 Å². The van der Waals surface area contributed by atoms with Crippen molar-refractivity contribution in [3.8, 4) is 0 Å². The van der Waals surface area contributed by atoms with Crippen molar-refractivity contribution in [2.24, 2.45) is 0 Å². The summed E-state index contributed by atoms with van der Waals surface area (Å²) < 4.78 is 40.0. The molecule has 2 N–H and O–H groups in total. The number of rotatable bonds is 4.